The van der Waals surface area contributed by atoms with Crippen molar-refractivity contribution < 1.29 is 9.26 Å². The Morgan fingerprint density at radius 3 is 2.65 bits per heavy atom. The van der Waals surface area contributed by atoms with Gasteiger partial charge in [0.1, 0.15) is 11.4 Å². The number of rotatable bonds is 3. The van der Waals surface area contributed by atoms with E-state index in [0.29, 0.717) is 5.88 Å². The van der Waals surface area contributed by atoms with Gasteiger partial charge in [-0.1, -0.05) is 35.0 Å². The molecule has 0 aliphatic carbocycles. The third-order valence-electron chi connectivity index (χ3n) is 3.12. The lowest BCUT2D eigenvalue weighted by Crippen LogP contribution is -1.88. The highest BCUT2D eigenvalue weighted by Gasteiger charge is 2.21. The first-order chi connectivity index (χ1) is 9.70. The molecular weight excluding hydrogens is 272 g/mol. The molecule has 0 atom stereocenters. The van der Waals surface area contributed by atoms with Gasteiger partial charge in [-0.05, 0) is 23.9 Å². The van der Waals surface area contributed by atoms with Crippen molar-refractivity contribution in [2.45, 2.75) is 6.92 Å². The van der Waals surface area contributed by atoms with Crippen LogP contribution in [0.15, 0.2) is 40.2 Å². The van der Waals surface area contributed by atoms with E-state index < -0.39 is 0 Å². The largest absolute Gasteiger partial charge is 0.495 e. The predicted octanol–water partition coefficient (Wildman–Crippen LogP) is 3.97. The van der Waals surface area contributed by atoms with Crippen LogP contribution in [0.25, 0.3) is 21.7 Å². The normalized spacial score (nSPS) is 10.7. The van der Waals surface area contributed by atoms with Gasteiger partial charge in [0.15, 0.2) is 0 Å². The minimum absolute atomic E-state index is 0.319. The average molecular weight is 286 g/mol. The highest BCUT2D eigenvalue weighted by Crippen LogP contribution is 2.42. The summed E-state index contributed by atoms with van der Waals surface area (Å²) in [5.41, 5.74) is 9.65. The minimum Gasteiger partial charge on any atom is -0.495 e. The molecule has 2 heterocycles. The molecule has 0 saturated carbocycles. The lowest BCUT2D eigenvalue weighted by atomic mass is 10.0. The van der Waals surface area contributed by atoms with E-state index >= 15 is 0 Å². The van der Waals surface area contributed by atoms with Crippen molar-refractivity contribution in [3.63, 3.8) is 0 Å². The molecule has 3 aromatic rings. The SMILES string of the molecule is COc1ccsc1-c1noc(N)c1-c1ccc(C)cc1. The lowest BCUT2D eigenvalue weighted by molar-refractivity contribution is 0.416. The van der Waals surface area contributed by atoms with E-state index in [4.69, 9.17) is 15.0 Å². The van der Waals surface area contributed by atoms with Gasteiger partial charge in [0.05, 0.1) is 17.6 Å². The Morgan fingerprint density at radius 2 is 1.95 bits per heavy atom. The summed E-state index contributed by atoms with van der Waals surface area (Å²) < 4.78 is 10.5. The number of ether oxygens (including phenoxy) is 1. The van der Waals surface area contributed by atoms with Crippen molar-refractivity contribution in [3.05, 3.63) is 41.3 Å². The summed E-state index contributed by atoms with van der Waals surface area (Å²) in [6.07, 6.45) is 0. The van der Waals surface area contributed by atoms with Gasteiger partial charge in [-0.3, -0.25) is 0 Å². The second-order valence-corrected chi connectivity index (χ2v) is 5.37. The van der Waals surface area contributed by atoms with Crippen molar-refractivity contribution >= 4 is 17.2 Å². The van der Waals surface area contributed by atoms with Gasteiger partial charge in [-0.15, -0.1) is 11.3 Å². The zero-order valence-electron chi connectivity index (χ0n) is 11.2. The van der Waals surface area contributed by atoms with Gasteiger partial charge >= 0.3 is 0 Å². The van der Waals surface area contributed by atoms with E-state index in [0.717, 1.165) is 27.4 Å². The Bertz CT molecular complexity index is 729. The number of nitrogens with two attached hydrogens (primary N) is 1. The first-order valence-corrected chi connectivity index (χ1v) is 7.02. The number of thiophene rings is 1. The summed E-state index contributed by atoms with van der Waals surface area (Å²) in [6.45, 7) is 2.05. The number of nitrogens with zero attached hydrogens (tertiary/aromatic N) is 1. The molecular formula is C15H14N2O2S. The fourth-order valence-electron chi connectivity index (χ4n) is 2.09. The number of nitrogen functional groups attached to an aromatic ring is 1. The molecule has 0 fully saturated rings. The molecule has 1 aromatic carbocycles. The van der Waals surface area contributed by atoms with Crippen LogP contribution in [0.5, 0.6) is 5.75 Å². The maximum atomic E-state index is 5.94. The van der Waals surface area contributed by atoms with Crippen LogP contribution >= 0.6 is 11.3 Å². The van der Waals surface area contributed by atoms with E-state index in [9.17, 15) is 0 Å². The zero-order valence-corrected chi connectivity index (χ0v) is 12.0. The number of anilines is 1. The monoisotopic (exact) mass is 286 g/mol. The molecule has 0 aliphatic rings. The Hall–Kier alpha value is -2.27. The van der Waals surface area contributed by atoms with Crippen LogP contribution in [-0.2, 0) is 0 Å². The first-order valence-electron chi connectivity index (χ1n) is 6.14. The van der Waals surface area contributed by atoms with Gasteiger partial charge in [-0.25, -0.2) is 0 Å². The minimum atomic E-state index is 0.319. The van der Waals surface area contributed by atoms with Crippen LogP contribution in [-0.4, -0.2) is 12.3 Å². The molecule has 0 unspecified atom stereocenters. The molecule has 0 saturated heterocycles. The second-order valence-electron chi connectivity index (χ2n) is 4.45. The molecule has 5 heteroatoms. The fraction of sp³-hybridized carbons (Fsp3) is 0.133. The third-order valence-corrected chi connectivity index (χ3v) is 4.03. The number of hydrogen-bond acceptors (Lipinski definition) is 5. The molecule has 2 N–H and O–H groups in total. The van der Waals surface area contributed by atoms with Crippen molar-refractivity contribution in [1.29, 1.82) is 0 Å². The molecule has 0 radical (unpaired) electrons. The van der Waals surface area contributed by atoms with E-state index in [1.165, 1.54) is 5.56 Å². The van der Waals surface area contributed by atoms with Gasteiger partial charge in [0.2, 0.25) is 5.88 Å². The van der Waals surface area contributed by atoms with Crippen molar-refractivity contribution in [2.24, 2.45) is 0 Å². The quantitative estimate of drug-likeness (QED) is 0.791. The maximum absolute atomic E-state index is 5.94. The van der Waals surface area contributed by atoms with Crippen molar-refractivity contribution in [2.75, 3.05) is 12.8 Å². The Balaban J connectivity index is 2.17. The molecule has 0 aliphatic heterocycles. The van der Waals surface area contributed by atoms with Crippen LogP contribution in [0, 0.1) is 6.92 Å². The van der Waals surface area contributed by atoms with Crippen molar-refractivity contribution in [1.82, 2.24) is 5.16 Å². The lowest BCUT2D eigenvalue weighted by Gasteiger charge is -2.04. The Morgan fingerprint density at radius 1 is 1.20 bits per heavy atom. The molecule has 102 valence electrons. The van der Waals surface area contributed by atoms with Gasteiger partial charge in [0, 0.05) is 0 Å². The van der Waals surface area contributed by atoms with Crippen LogP contribution in [0.2, 0.25) is 0 Å². The second kappa shape index (κ2) is 5.02. The smallest absolute Gasteiger partial charge is 0.230 e. The number of hydrogen-bond donors (Lipinski definition) is 1. The zero-order chi connectivity index (χ0) is 14.1. The summed E-state index contributed by atoms with van der Waals surface area (Å²) in [4.78, 5) is 0.920. The summed E-state index contributed by atoms with van der Waals surface area (Å²) >= 11 is 1.55. The number of aryl methyl sites for hydroxylation is 1. The summed E-state index contributed by atoms with van der Waals surface area (Å²) in [6, 6.07) is 10.0. The molecule has 4 nitrogen and oxygen atoms in total. The van der Waals surface area contributed by atoms with E-state index in [2.05, 4.69) is 5.16 Å². The third kappa shape index (κ3) is 2.06. The maximum Gasteiger partial charge on any atom is 0.230 e. The summed E-state index contributed by atoms with van der Waals surface area (Å²) in [7, 11) is 1.64. The van der Waals surface area contributed by atoms with Crippen LogP contribution in [0.1, 0.15) is 5.56 Å². The first kappa shape index (κ1) is 12.7. The van der Waals surface area contributed by atoms with Crippen LogP contribution < -0.4 is 10.5 Å². The standard InChI is InChI=1S/C15H14N2O2S/c1-9-3-5-10(6-4-9)12-13(17-19-15(12)16)14-11(18-2)7-8-20-14/h3-8H,16H2,1-2H3. The number of aromatic nitrogens is 1. The molecule has 2 aromatic heterocycles. The Labute approximate surface area is 120 Å². The number of benzene rings is 1. The molecule has 20 heavy (non-hydrogen) atoms. The molecule has 0 bridgehead atoms. The van der Waals surface area contributed by atoms with Gasteiger partial charge in [0.25, 0.3) is 0 Å². The molecule has 0 spiro atoms. The van der Waals surface area contributed by atoms with Crippen molar-refractivity contribution in [3.8, 4) is 27.4 Å². The average Bonchev–Trinajstić information content (AvgIpc) is 3.05. The molecule has 3 rings (SSSR count). The van der Waals surface area contributed by atoms with Crippen LogP contribution in [0.3, 0.4) is 0 Å². The van der Waals surface area contributed by atoms with Gasteiger partial charge in [-0.2, -0.15) is 0 Å². The predicted molar refractivity (Wildman–Crippen MR) is 81.0 cm³/mol. The Kier molecular flexibility index (Phi) is 3.20. The summed E-state index contributed by atoms with van der Waals surface area (Å²) in [5.74, 6) is 1.09. The highest BCUT2D eigenvalue weighted by molar-refractivity contribution is 7.14. The number of methoxy groups -OCH3 is 1. The topological polar surface area (TPSA) is 61.3 Å². The van der Waals surface area contributed by atoms with E-state index in [1.807, 2.05) is 42.6 Å². The molecule has 0 amide bonds. The fourth-order valence-corrected chi connectivity index (χ4v) is 2.93. The van der Waals surface area contributed by atoms with E-state index in [1.54, 1.807) is 18.4 Å². The van der Waals surface area contributed by atoms with Crippen LogP contribution in [0.4, 0.5) is 5.88 Å². The van der Waals surface area contributed by atoms with E-state index in [-0.39, 0.29) is 0 Å². The summed E-state index contributed by atoms with van der Waals surface area (Å²) in [5, 5.41) is 6.05. The highest BCUT2D eigenvalue weighted by atomic mass is 32.1. The van der Waals surface area contributed by atoms with Gasteiger partial charge < -0.3 is 15.0 Å².